The molecular weight excluding hydrogens is 601 g/mol. The Balaban J connectivity index is 0.000000135. The molecule has 0 N–H and O–H groups in total. The first-order valence-electron chi connectivity index (χ1n) is 19.6. The lowest BCUT2D eigenvalue weighted by Crippen LogP contribution is -2.20. The van der Waals surface area contributed by atoms with Gasteiger partial charge in [-0.05, 0) is 160 Å². The smallest absolute Gasteiger partial charge is 0.0155 e. The zero-order chi connectivity index (χ0) is 35.4. The van der Waals surface area contributed by atoms with Gasteiger partial charge < -0.3 is 0 Å². The summed E-state index contributed by atoms with van der Waals surface area (Å²) >= 11 is 0. The summed E-state index contributed by atoms with van der Waals surface area (Å²) in [6.07, 6.45) is 16.8. The van der Waals surface area contributed by atoms with E-state index in [1.54, 1.807) is 78.0 Å². The minimum atomic E-state index is 0.143. The Morgan fingerprint density at radius 1 is 0.400 bits per heavy atom. The Morgan fingerprint density at radius 2 is 0.700 bits per heavy atom. The average Bonchev–Trinajstić information content (AvgIpc) is 3.92. The molecule has 0 spiro atoms. The highest BCUT2D eigenvalue weighted by atomic mass is 14.5. The molecule has 0 saturated heterocycles. The maximum Gasteiger partial charge on any atom is 0.0155 e. The molecular formula is C50H56. The molecule has 0 heterocycles. The molecule has 256 valence electrons. The zero-order valence-corrected chi connectivity index (χ0v) is 32.9. The number of hydrogen-bond donors (Lipinski definition) is 0. The van der Waals surface area contributed by atoms with E-state index in [0.29, 0.717) is 0 Å². The second-order valence-corrected chi connectivity index (χ2v) is 19.0. The third-order valence-electron chi connectivity index (χ3n) is 14.4. The summed E-state index contributed by atoms with van der Waals surface area (Å²) in [7, 11) is 0. The molecule has 0 nitrogen and oxygen atoms in total. The van der Waals surface area contributed by atoms with Gasteiger partial charge in [0.25, 0.3) is 0 Å². The Labute approximate surface area is 302 Å². The number of benzene rings is 2. The van der Waals surface area contributed by atoms with Crippen LogP contribution in [0, 0.1) is 0 Å². The van der Waals surface area contributed by atoms with E-state index in [1.807, 2.05) is 0 Å². The van der Waals surface area contributed by atoms with E-state index in [0.717, 1.165) is 25.7 Å². The SMILES string of the molecule is CCC1=CC2=C(C1)c1cc3c(cc1C2(C)C)C(C)(C)C1=C3CC(C)=C1.CCC1=CC2=C(C1)c1cc3c(cc1C2(C)C)C1=C(C=C(C)C1)C3(C)C. The van der Waals surface area contributed by atoms with Crippen LogP contribution in [-0.4, -0.2) is 0 Å². The van der Waals surface area contributed by atoms with Gasteiger partial charge in [-0.15, -0.1) is 0 Å². The highest BCUT2D eigenvalue weighted by Gasteiger charge is 2.46. The number of rotatable bonds is 2. The van der Waals surface area contributed by atoms with Crippen LogP contribution in [0.3, 0.4) is 0 Å². The monoisotopic (exact) mass is 656 g/mol. The molecule has 0 atom stereocenters. The maximum atomic E-state index is 2.56. The maximum absolute atomic E-state index is 2.56. The van der Waals surface area contributed by atoms with Gasteiger partial charge in [0.2, 0.25) is 0 Å². The van der Waals surface area contributed by atoms with Gasteiger partial charge >= 0.3 is 0 Å². The lowest BCUT2D eigenvalue weighted by atomic mass is 9.75. The summed E-state index contributed by atoms with van der Waals surface area (Å²) in [5, 5.41) is 0. The van der Waals surface area contributed by atoms with Crippen LogP contribution < -0.4 is 0 Å². The summed E-state index contributed by atoms with van der Waals surface area (Å²) < 4.78 is 0. The molecule has 0 aliphatic heterocycles. The van der Waals surface area contributed by atoms with Crippen LogP contribution in [0.4, 0.5) is 0 Å². The van der Waals surface area contributed by atoms with Crippen molar-refractivity contribution in [2.75, 3.05) is 0 Å². The van der Waals surface area contributed by atoms with Crippen molar-refractivity contribution in [3.63, 3.8) is 0 Å². The molecule has 0 fully saturated rings. The van der Waals surface area contributed by atoms with Crippen molar-refractivity contribution in [3.8, 4) is 0 Å². The Morgan fingerprint density at radius 3 is 1.06 bits per heavy atom. The molecule has 50 heavy (non-hydrogen) atoms. The summed E-state index contributed by atoms with van der Waals surface area (Å²) in [5.41, 5.74) is 31.8. The second kappa shape index (κ2) is 10.0. The van der Waals surface area contributed by atoms with Crippen LogP contribution in [-0.2, 0) is 21.7 Å². The van der Waals surface area contributed by atoms with E-state index in [4.69, 9.17) is 0 Å². The topological polar surface area (TPSA) is 0 Å². The van der Waals surface area contributed by atoms with E-state index in [2.05, 4.69) is 132 Å². The van der Waals surface area contributed by atoms with Crippen LogP contribution in [0.15, 0.2) is 93.2 Å². The van der Waals surface area contributed by atoms with E-state index < -0.39 is 0 Å². The number of hydrogen-bond acceptors (Lipinski definition) is 0. The summed E-state index contributed by atoms with van der Waals surface area (Å²) in [6.45, 7) is 28.5. The van der Waals surface area contributed by atoms with Crippen molar-refractivity contribution in [1.82, 2.24) is 0 Å². The van der Waals surface area contributed by atoms with Crippen molar-refractivity contribution in [3.05, 3.63) is 138 Å². The largest absolute Gasteiger partial charge is 0.0686 e. The molecule has 0 radical (unpaired) electrons. The van der Waals surface area contributed by atoms with Gasteiger partial charge in [0.15, 0.2) is 0 Å². The lowest BCUT2D eigenvalue weighted by Gasteiger charge is -2.28. The summed E-state index contributed by atoms with van der Waals surface area (Å²) in [6, 6.07) is 10.2. The van der Waals surface area contributed by atoms with Crippen molar-refractivity contribution in [2.24, 2.45) is 0 Å². The molecule has 8 aliphatic carbocycles. The molecule has 0 aromatic heterocycles. The van der Waals surface area contributed by atoms with Gasteiger partial charge in [0, 0.05) is 21.7 Å². The van der Waals surface area contributed by atoms with Gasteiger partial charge in [-0.25, -0.2) is 0 Å². The van der Waals surface area contributed by atoms with Crippen LogP contribution >= 0.6 is 0 Å². The Bertz CT molecular complexity index is 2260. The highest BCUT2D eigenvalue weighted by Crippen LogP contribution is 2.60. The third kappa shape index (κ3) is 4.00. The Hall–Kier alpha value is -3.64. The van der Waals surface area contributed by atoms with Gasteiger partial charge in [-0.1, -0.05) is 122 Å². The lowest BCUT2D eigenvalue weighted by molar-refractivity contribution is 0.632. The first-order chi connectivity index (χ1) is 23.5. The molecule has 0 unspecified atom stereocenters. The second-order valence-electron chi connectivity index (χ2n) is 19.0. The summed E-state index contributed by atoms with van der Waals surface area (Å²) in [4.78, 5) is 0. The molecule has 2 aromatic carbocycles. The van der Waals surface area contributed by atoms with Gasteiger partial charge in [-0.2, -0.15) is 0 Å². The average molecular weight is 657 g/mol. The molecule has 8 aliphatic rings. The van der Waals surface area contributed by atoms with Crippen molar-refractivity contribution >= 4 is 22.3 Å². The summed E-state index contributed by atoms with van der Waals surface area (Å²) in [5.74, 6) is 0. The third-order valence-corrected chi connectivity index (χ3v) is 14.4. The van der Waals surface area contributed by atoms with Crippen molar-refractivity contribution in [1.29, 1.82) is 0 Å². The van der Waals surface area contributed by atoms with Gasteiger partial charge in [0.05, 0.1) is 0 Å². The molecule has 0 heteroatoms. The predicted octanol–water partition coefficient (Wildman–Crippen LogP) is 13.7. The minimum Gasteiger partial charge on any atom is -0.0686 e. The van der Waals surface area contributed by atoms with Crippen LogP contribution in [0.2, 0.25) is 0 Å². The van der Waals surface area contributed by atoms with E-state index >= 15 is 0 Å². The fraction of sp³-hybridized carbons (Fsp3) is 0.440. The van der Waals surface area contributed by atoms with Crippen LogP contribution in [0.5, 0.6) is 0 Å². The Kier molecular flexibility index (Phi) is 6.47. The minimum absolute atomic E-state index is 0.143. The van der Waals surface area contributed by atoms with E-state index in [-0.39, 0.29) is 21.7 Å². The molecule has 2 aromatic rings. The van der Waals surface area contributed by atoms with Crippen molar-refractivity contribution in [2.45, 2.75) is 143 Å². The fourth-order valence-electron chi connectivity index (χ4n) is 11.3. The van der Waals surface area contributed by atoms with E-state index in [9.17, 15) is 0 Å². The highest BCUT2D eigenvalue weighted by molar-refractivity contribution is 5.94. The predicted molar refractivity (Wildman–Crippen MR) is 215 cm³/mol. The zero-order valence-electron chi connectivity index (χ0n) is 32.9. The number of fused-ring (bicyclic) bond motifs is 8. The molecule has 0 saturated carbocycles. The van der Waals surface area contributed by atoms with E-state index in [1.165, 1.54) is 46.2 Å². The van der Waals surface area contributed by atoms with Crippen LogP contribution in [0.25, 0.3) is 22.3 Å². The first-order valence-corrected chi connectivity index (χ1v) is 19.6. The first kappa shape index (κ1) is 32.3. The van der Waals surface area contributed by atoms with Crippen LogP contribution in [0.1, 0.15) is 166 Å². The molecule has 0 amide bonds. The molecule has 0 bridgehead atoms. The fourth-order valence-corrected chi connectivity index (χ4v) is 11.3. The van der Waals surface area contributed by atoms with Gasteiger partial charge in [0.1, 0.15) is 0 Å². The normalized spacial score (nSPS) is 24.2. The number of allylic oxidation sites excluding steroid dienone is 16. The standard InChI is InChI=1S/2C25H28/c1-7-15-10-17-19-13-22-18(12-23(19)25(5,6)21(17)11-15)16-8-14(2)9-20(16)24(22,3)4;1-7-15-10-17-19-12-18-16-8-14(2)9-20(16)24(3,4)22(18)13-23(19)25(5,6)21(17)11-15/h2*9,11-13H,7-8,10H2,1-6H3. The quantitative estimate of drug-likeness (QED) is 0.302. The van der Waals surface area contributed by atoms with Crippen molar-refractivity contribution < 1.29 is 0 Å². The molecule has 10 rings (SSSR count). The van der Waals surface area contributed by atoms with Gasteiger partial charge in [-0.3, -0.25) is 0 Å².